The van der Waals surface area contributed by atoms with Crippen molar-refractivity contribution in [2.24, 2.45) is 0 Å². The molecule has 0 saturated carbocycles. The van der Waals surface area contributed by atoms with Gasteiger partial charge in [-0.25, -0.2) is 0 Å². The molecule has 144 valence electrons. The number of thiocarbonyl (C=S) groups is 1. The van der Waals surface area contributed by atoms with Gasteiger partial charge in [0.2, 0.25) is 5.91 Å². The molecule has 1 N–H and O–H groups in total. The molecule has 2 aromatic rings. The molecule has 4 nitrogen and oxygen atoms in total. The van der Waals surface area contributed by atoms with Crippen molar-refractivity contribution in [2.75, 3.05) is 26.0 Å². The lowest BCUT2D eigenvalue weighted by molar-refractivity contribution is -0.119. The summed E-state index contributed by atoms with van der Waals surface area (Å²) in [6.07, 6.45) is 0. The molecule has 0 saturated heterocycles. The normalized spacial score (nSPS) is 11.5. The number of nitrogens with zero attached hydrogens (tertiary/aromatic N) is 1. The molecule has 0 heterocycles. The molecule has 27 heavy (non-hydrogen) atoms. The maximum Gasteiger partial charge on any atom is 0.231 e. The van der Waals surface area contributed by atoms with Gasteiger partial charge >= 0.3 is 0 Å². The third kappa shape index (κ3) is 6.26. The Morgan fingerprint density at radius 3 is 2.22 bits per heavy atom. The van der Waals surface area contributed by atoms with Crippen LogP contribution in [0.4, 0.5) is 0 Å². The topological polar surface area (TPSA) is 41.6 Å². The third-order valence-electron chi connectivity index (χ3n) is 4.24. The highest BCUT2D eigenvalue weighted by molar-refractivity contribution is 8.23. The molecule has 0 radical (unpaired) electrons. The highest BCUT2D eigenvalue weighted by Crippen LogP contribution is 2.24. The first kappa shape index (κ1) is 21.3. The lowest BCUT2D eigenvalue weighted by Gasteiger charge is -2.22. The van der Waals surface area contributed by atoms with Crippen LogP contribution in [0, 0.1) is 0 Å². The number of carbonyl (C=O) groups is 1. The Kier molecular flexibility index (Phi) is 8.61. The van der Waals surface area contributed by atoms with Gasteiger partial charge in [-0.05, 0) is 37.1 Å². The van der Waals surface area contributed by atoms with Crippen LogP contribution in [-0.2, 0) is 4.79 Å². The van der Waals surface area contributed by atoms with Gasteiger partial charge in [-0.3, -0.25) is 4.79 Å². The molecule has 2 rings (SSSR count). The number of hydrogen-bond acceptors (Lipinski definition) is 4. The summed E-state index contributed by atoms with van der Waals surface area (Å²) in [6.45, 7) is 5.82. The highest BCUT2D eigenvalue weighted by atomic mass is 32.2. The van der Waals surface area contributed by atoms with Gasteiger partial charge in [0, 0.05) is 13.1 Å². The highest BCUT2D eigenvalue weighted by Gasteiger charge is 2.18. The van der Waals surface area contributed by atoms with E-state index in [1.165, 1.54) is 11.8 Å². The largest absolute Gasteiger partial charge is 0.497 e. The fourth-order valence-electron chi connectivity index (χ4n) is 2.70. The number of amides is 1. The number of benzene rings is 2. The summed E-state index contributed by atoms with van der Waals surface area (Å²) in [4.78, 5) is 14.7. The fraction of sp³-hybridized carbons (Fsp3) is 0.333. The zero-order valence-electron chi connectivity index (χ0n) is 16.0. The lowest BCUT2D eigenvalue weighted by Crippen LogP contribution is -2.32. The smallest absolute Gasteiger partial charge is 0.231 e. The van der Waals surface area contributed by atoms with E-state index in [1.807, 2.05) is 54.6 Å². The van der Waals surface area contributed by atoms with E-state index in [9.17, 15) is 4.79 Å². The van der Waals surface area contributed by atoms with Crippen LogP contribution in [0.3, 0.4) is 0 Å². The Labute approximate surface area is 171 Å². The van der Waals surface area contributed by atoms with Crippen molar-refractivity contribution in [1.82, 2.24) is 10.2 Å². The Morgan fingerprint density at radius 1 is 1.07 bits per heavy atom. The van der Waals surface area contributed by atoms with Crippen LogP contribution in [0.5, 0.6) is 5.75 Å². The third-order valence-corrected chi connectivity index (χ3v) is 5.76. The summed E-state index contributed by atoms with van der Waals surface area (Å²) < 4.78 is 5.99. The molecule has 0 bridgehead atoms. The molecule has 0 fully saturated rings. The standard InChI is InChI=1S/C21H26N2O2S2/c1-4-23(5-2)21(26)27-15-19(24)22-20(16-9-7-6-8-10-16)17-11-13-18(25-3)14-12-17/h6-14,20H,4-5,15H2,1-3H3,(H,22,24)/t20-/m1/s1. The monoisotopic (exact) mass is 402 g/mol. The average molecular weight is 403 g/mol. The molecule has 0 aliphatic rings. The minimum absolute atomic E-state index is 0.0424. The zero-order chi connectivity index (χ0) is 19.6. The molecule has 0 aliphatic heterocycles. The Bertz CT molecular complexity index is 732. The van der Waals surface area contributed by atoms with Gasteiger partial charge in [-0.15, -0.1) is 0 Å². The average Bonchev–Trinajstić information content (AvgIpc) is 2.72. The first-order valence-corrected chi connectivity index (χ1v) is 10.4. The molecule has 0 unspecified atom stereocenters. The van der Waals surface area contributed by atoms with E-state index in [0.717, 1.165) is 34.3 Å². The van der Waals surface area contributed by atoms with E-state index in [-0.39, 0.29) is 11.9 Å². The summed E-state index contributed by atoms with van der Waals surface area (Å²) in [6, 6.07) is 17.5. The van der Waals surface area contributed by atoms with E-state index < -0.39 is 0 Å². The summed E-state index contributed by atoms with van der Waals surface area (Å²) in [5.41, 5.74) is 2.04. The molecule has 6 heteroatoms. The summed E-state index contributed by atoms with van der Waals surface area (Å²) in [5, 5.41) is 3.14. The van der Waals surface area contributed by atoms with Crippen molar-refractivity contribution >= 4 is 34.2 Å². The molecule has 0 spiro atoms. The minimum atomic E-state index is -0.216. The van der Waals surface area contributed by atoms with E-state index in [2.05, 4.69) is 24.1 Å². The molecular formula is C21H26N2O2S2. The number of carbonyl (C=O) groups excluding carboxylic acids is 1. The van der Waals surface area contributed by atoms with Crippen LogP contribution >= 0.6 is 24.0 Å². The molecule has 1 atom stereocenters. The predicted octanol–water partition coefficient (Wildman–Crippen LogP) is 4.26. The summed E-state index contributed by atoms with van der Waals surface area (Å²) >= 11 is 6.82. The van der Waals surface area contributed by atoms with E-state index in [4.69, 9.17) is 17.0 Å². The van der Waals surface area contributed by atoms with Gasteiger partial charge in [0.1, 0.15) is 10.1 Å². The van der Waals surface area contributed by atoms with Gasteiger partial charge in [-0.2, -0.15) is 0 Å². The Hall–Kier alpha value is -2.05. The molecule has 0 aromatic heterocycles. The van der Waals surface area contributed by atoms with Crippen LogP contribution in [0.25, 0.3) is 0 Å². The van der Waals surface area contributed by atoms with Crippen molar-refractivity contribution in [2.45, 2.75) is 19.9 Å². The number of rotatable bonds is 8. The fourth-order valence-corrected chi connectivity index (χ4v) is 3.92. The van der Waals surface area contributed by atoms with Crippen molar-refractivity contribution < 1.29 is 9.53 Å². The molecule has 0 aliphatic carbocycles. The van der Waals surface area contributed by atoms with Gasteiger partial charge < -0.3 is 15.0 Å². The second-order valence-electron chi connectivity index (χ2n) is 5.91. The molecular weight excluding hydrogens is 376 g/mol. The first-order valence-electron chi connectivity index (χ1n) is 8.99. The van der Waals surface area contributed by atoms with Crippen molar-refractivity contribution in [3.63, 3.8) is 0 Å². The predicted molar refractivity (Wildman–Crippen MR) is 117 cm³/mol. The van der Waals surface area contributed by atoms with Crippen LogP contribution in [-0.4, -0.2) is 41.1 Å². The number of ether oxygens (including phenoxy) is 1. The van der Waals surface area contributed by atoms with E-state index in [1.54, 1.807) is 7.11 Å². The zero-order valence-corrected chi connectivity index (χ0v) is 17.6. The minimum Gasteiger partial charge on any atom is -0.497 e. The van der Waals surface area contributed by atoms with Gasteiger partial charge in [-0.1, -0.05) is 66.4 Å². The second kappa shape index (κ2) is 10.9. The van der Waals surface area contributed by atoms with Crippen molar-refractivity contribution in [3.8, 4) is 5.75 Å². The Morgan fingerprint density at radius 2 is 1.67 bits per heavy atom. The Balaban J connectivity index is 2.10. The van der Waals surface area contributed by atoms with Crippen molar-refractivity contribution in [3.05, 3.63) is 65.7 Å². The summed E-state index contributed by atoms with van der Waals surface area (Å²) in [7, 11) is 1.64. The van der Waals surface area contributed by atoms with Crippen LogP contribution in [0.2, 0.25) is 0 Å². The van der Waals surface area contributed by atoms with Crippen LogP contribution in [0.15, 0.2) is 54.6 Å². The number of hydrogen-bond donors (Lipinski definition) is 1. The quantitative estimate of drug-likeness (QED) is 0.668. The SMILES string of the molecule is CCN(CC)C(=S)SCC(=O)N[C@H](c1ccccc1)c1ccc(OC)cc1. The van der Waals surface area contributed by atoms with Gasteiger partial charge in [0.05, 0.1) is 18.9 Å². The first-order chi connectivity index (χ1) is 13.1. The number of nitrogens with one attached hydrogen (secondary N) is 1. The van der Waals surface area contributed by atoms with E-state index in [0.29, 0.717) is 5.75 Å². The van der Waals surface area contributed by atoms with Gasteiger partial charge in [0.25, 0.3) is 0 Å². The maximum absolute atomic E-state index is 12.6. The van der Waals surface area contributed by atoms with Gasteiger partial charge in [0.15, 0.2) is 0 Å². The van der Waals surface area contributed by atoms with Crippen LogP contribution < -0.4 is 10.1 Å². The van der Waals surface area contributed by atoms with Crippen molar-refractivity contribution in [1.29, 1.82) is 0 Å². The molecule has 1 amide bonds. The van der Waals surface area contributed by atoms with E-state index >= 15 is 0 Å². The molecule has 2 aromatic carbocycles. The number of thioether (sulfide) groups is 1. The second-order valence-corrected chi connectivity index (χ2v) is 7.52. The lowest BCUT2D eigenvalue weighted by atomic mass is 9.98. The number of methoxy groups -OCH3 is 1. The summed E-state index contributed by atoms with van der Waals surface area (Å²) in [5.74, 6) is 1.05. The maximum atomic E-state index is 12.6. The van der Waals surface area contributed by atoms with Crippen LogP contribution in [0.1, 0.15) is 31.0 Å².